The van der Waals surface area contributed by atoms with Crippen LogP contribution in [0.2, 0.25) is 0 Å². The van der Waals surface area contributed by atoms with Gasteiger partial charge in [-0.25, -0.2) is 0 Å². The van der Waals surface area contributed by atoms with Crippen molar-refractivity contribution in [1.82, 2.24) is 4.90 Å². The van der Waals surface area contributed by atoms with E-state index in [1.165, 1.54) is 0 Å². The van der Waals surface area contributed by atoms with E-state index in [1.54, 1.807) is 4.90 Å². The average Bonchev–Trinajstić information content (AvgIpc) is 2.20. The van der Waals surface area contributed by atoms with Crippen LogP contribution in [0.15, 0.2) is 0 Å². The average molecular weight is 255 g/mol. The summed E-state index contributed by atoms with van der Waals surface area (Å²) in [5, 5.41) is 19.0. The molecule has 2 N–H and O–H groups in total. The maximum absolute atomic E-state index is 12.2. The van der Waals surface area contributed by atoms with Gasteiger partial charge in [0.25, 0.3) is 0 Å². The second kappa shape index (κ2) is 5.54. The van der Waals surface area contributed by atoms with Gasteiger partial charge in [-0.15, -0.1) is 0 Å². The smallest absolute Gasteiger partial charge is 0.390 e. The van der Waals surface area contributed by atoms with E-state index in [1.807, 2.05) is 6.92 Å². The SMILES string of the molecule is CCCC1(O)CCN(CC(O)C(F)(F)F)CC1. The highest BCUT2D eigenvalue weighted by Crippen LogP contribution is 2.28. The highest BCUT2D eigenvalue weighted by atomic mass is 19.4. The first-order valence-corrected chi connectivity index (χ1v) is 5.96. The molecule has 0 radical (unpaired) electrons. The van der Waals surface area contributed by atoms with Gasteiger partial charge in [-0.1, -0.05) is 13.3 Å². The summed E-state index contributed by atoms with van der Waals surface area (Å²) in [6.07, 6.45) is -4.35. The summed E-state index contributed by atoms with van der Waals surface area (Å²) >= 11 is 0. The Morgan fingerprint density at radius 3 is 2.24 bits per heavy atom. The summed E-state index contributed by atoms with van der Waals surface area (Å²) in [6.45, 7) is 2.39. The first-order chi connectivity index (χ1) is 7.77. The molecule has 17 heavy (non-hydrogen) atoms. The van der Waals surface area contributed by atoms with Gasteiger partial charge in [0.15, 0.2) is 6.10 Å². The highest BCUT2D eigenvalue weighted by molar-refractivity contribution is 4.86. The number of aliphatic hydroxyl groups is 2. The van der Waals surface area contributed by atoms with Crippen molar-refractivity contribution in [2.45, 2.75) is 50.5 Å². The van der Waals surface area contributed by atoms with E-state index in [4.69, 9.17) is 5.11 Å². The zero-order chi connectivity index (χ0) is 13.1. The van der Waals surface area contributed by atoms with Crippen molar-refractivity contribution in [3.63, 3.8) is 0 Å². The van der Waals surface area contributed by atoms with Crippen LogP contribution in [0.3, 0.4) is 0 Å². The minimum atomic E-state index is -4.56. The number of hydrogen-bond acceptors (Lipinski definition) is 3. The fourth-order valence-corrected chi connectivity index (χ4v) is 2.22. The first kappa shape index (κ1) is 14.7. The first-order valence-electron chi connectivity index (χ1n) is 5.96. The number of hydrogen-bond donors (Lipinski definition) is 2. The number of likely N-dealkylation sites (tertiary alicyclic amines) is 1. The van der Waals surface area contributed by atoms with Gasteiger partial charge in [-0.2, -0.15) is 13.2 Å². The Kier molecular flexibility index (Phi) is 4.80. The third kappa shape index (κ3) is 4.44. The summed E-state index contributed by atoms with van der Waals surface area (Å²) in [7, 11) is 0. The van der Waals surface area contributed by atoms with Crippen LogP contribution in [0.1, 0.15) is 32.6 Å². The Balaban J connectivity index is 2.37. The number of piperidine rings is 1. The van der Waals surface area contributed by atoms with E-state index >= 15 is 0 Å². The van der Waals surface area contributed by atoms with Crippen LogP contribution in [-0.2, 0) is 0 Å². The highest BCUT2D eigenvalue weighted by Gasteiger charge is 2.40. The fourth-order valence-electron chi connectivity index (χ4n) is 2.22. The Bertz CT molecular complexity index is 237. The number of nitrogens with zero attached hydrogens (tertiary/aromatic N) is 1. The van der Waals surface area contributed by atoms with Gasteiger partial charge in [-0.05, 0) is 19.3 Å². The predicted molar refractivity (Wildman–Crippen MR) is 57.6 cm³/mol. The van der Waals surface area contributed by atoms with Crippen LogP contribution >= 0.6 is 0 Å². The van der Waals surface area contributed by atoms with Gasteiger partial charge in [0.2, 0.25) is 0 Å². The number of halogens is 3. The molecule has 1 atom stereocenters. The second-order valence-corrected chi connectivity index (χ2v) is 4.83. The van der Waals surface area contributed by atoms with Crippen molar-refractivity contribution in [3.05, 3.63) is 0 Å². The quantitative estimate of drug-likeness (QED) is 0.800. The summed E-state index contributed by atoms with van der Waals surface area (Å²) < 4.78 is 36.5. The van der Waals surface area contributed by atoms with E-state index in [0.29, 0.717) is 32.4 Å². The minimum absolute atomic E-state index is 0.397. The maximum Gasteiger partial charge on any atom is 0.415 e. The van der Waals surface area contributed by atoms with E-state index in [9.17, 15) is 18.3 Å². The van der Waals surface area contributed by atoms with Crippen molar-refractivity contribution in [1.29, 1.82) is 0 Å². The Morgan fingerprint density at radius 2 is 1.82 bits per heavy atom. The zero-order valence-electron chi connectivity index (χ0n) is 10.0. The lowest BCUT2D eigenvalue weighted by atomic mass is 9.87. The molecule has 3 nitrogen and oxygen atoms in total. The van der Waals surface area contributed by atoms with Crippen LogP contribution in [0.5, 0.6) is 0 Å². The number of rotatable bonds is 4. The van der Waals surface area contributed by atoms with E-state index in [0.717, 1.165) is 6.42 Å². The molecule has 1 fully saturated rings. The molecule has 102 valence electrons. The van der Waals surface area contributed by atoms with Gasteiger partial charge >= 0.3 is 6.18 Å². The van der Waals surface area contributed by atoms with Gasteiger partial charge in [0.1, 0.15) is 0 Å². The molecular weight excluding hydrogens is 235 g/mol. The monoisotopic (exact) mass is 255 g/mol. The molecule has 0 aromatic rings. The Labute approximate surface area is 99.2 Å². The number of β-amino-alcohol motifs (C(OH)–C–C–N with tert-alkyl or cyclic N) is 1. The van der Waals surface area contributed by atoms with Crippen LogP contribution < -0.4 is 0 Å². The standard InChI is InChI=1S/C11H20F3NO2/c1-2-3-10(17)4-6-15(7-5-10)8-9(16)11(12,13)14/h9,16-17H,2-8H2,1H3. The third-order valence-electron chi connectivity index (χ3n) is 3.31. The molecule has 0 spiro atoms. The minimum Gasteiger partial charge on any atom is -0.390 e. The van der Waals surface area contributed by atoms with Gasteiger partial charge in [0, 0.05) is 19.6 Å². The number of aliphatic hydroxyl groups excluding tert-OH is 1. The summed E-state index contributed by atoms with van der Waals surface area (Å²) in [4.78, 5) is 1.56. The molecule has 1 rings (SSSR count). The van der Waals surface area contributed by atoms with Gasteiger partial charge in [0.05, 0.1) is 5.60 Å². The molecule has 6 heteroatoms. The Hall–Kier alpha value is -0.330. The fraction of sp³-hybridized carbons (Fsp3) is 1.00. The van der Waals surface area contributed by atoms with Crippen LogP contribution in [0.25, 0.3) is 0 Å². The lowest BCUT2D eigenvalue weighted by molar-refractivity contribution is -0.209. The molecule has 0 aromatic heterocycles. The molecule has 0 saturated carbocycles. The van der Waals surface area contributed by atoms with Gasteiger partial charge in [-0.3, -0.25) is 0 Å². The summed E-state index contributed by atoms with van der Waals surface area (Å²) in [5.41, 5.74) is -0.728. The lowest BCUT2D eigenvalue weighted by Crippen LogP contribution is -2.48. The molecule has 1 aliphatic heterocycles. The van der Waals surface area contributed by atoms with Crippen LogP contribution in [0, 0.1) is 0 Å². The van der Waals surface area contributed by atoms with Crippen LogP contribution in [-0.4, -0.2) is 52.6 Å². The van der Waals surface area contributed by atoms with Crippen LogP contribution in [0.4, 0.5) is 13.2 Å². The Morgan fingerprint density at radius 1 is 1.29 bits per heavy atom. The molecule has 0 aliphatic carbocycles. The van der Waals surface area contributed by atoms with E-state index in [2.05, 4.69) is 0 Å². The summed E-state index contributed by atoms with van der Waals surface area (Å²) in [6, 6.07) is 0. The normalized spacial score (nSPS) is 23.6. The van der Waals surface area contributed by atoms with E-state index < -0.39 is 24.4 Å². The maximum atomic E-state index is 12.2. The van der Waals surface area contributed by atoms with Crippen molar-refractivity contribution in [3.8, 4) is 0 Å². The van der Waals surface area contributed by atoms with E-state index in [-0.39, 0.29) is 0 Å². The second-order valence-electron chi connectivity index (χ2n) is 4.83. The molecular formula is C11H20F3NO2. The van der Waals surface area contributed by atoms with Crippen molar-refractivity contribution in [2.75, 3.05) is 19.6 Å². The molecule has 0 amide bonds. The topological polar surface area (TPSA) is 43.7 Å². The predicted octanol–water partition coefficient (Wildman–Crippen LogP) is 1.54. The lowest BCUT2D eigenvalue weighted by Gasteiger charge is -2.38. The largest absolute Gasteiger partial charge is 0.415 e. The molecule has 1 unspecified atom stereocenters. The molecule has 1 heterocycles. The number of alkyl halides is 3. The van der Waals surface area contributed by atoms with Crippen molar-refractivity contribution >= 4 is 0 Å². The van der Waals surface area contributed by atoms with Gasteiger partial charge < -0.3 is 15.1 Å². The third-order valence-corrected chi connectivity index (χ3v) is 3.31. The molecule has 0 aromatic carbocycles. The zero-order valence-corrected chi connectivity index (χ0v) is 10.0. The molecule has 0 bridgehead atoms. The molecule has 1 saturated heterocycles. The summed E-state index contributed by atoms with van der Waals surface area (Å²) in [5.74, 6) is 0. The van der Waals surface area contributed by atoms with Crippen molar-refractivity contribution < 1.29 is 23.4 Å². The van der Waals surface area contributed by atoms with Crippen molar-refractivity contribution in [2.24, 2.45) is 0 Å². The molecule has 1 aliphatic rings.